The Morgan fingerprint density at radius 1 is 1.00 bits per heavy atom. The maximum absolute atomic E-state index is 12.6. The van der Waals surface area contributed by atoms with E-state index in [1.54, 1.807) is 30.6 Å². The zero-order valence-electron chi connectivity index (χ0n) is 12.4. The number of nitrogens with two attached hydrogens (primary N) is 1. The molecule has 0 amide bonds. The third-order valence-corrected chi connectivity index (χ3v) is 5.12. The molecular formula is C17H17N3O2S. The molecular weight excluding hydrogens is 310 g/mol. The van der Waals surface area contributed by atoms with Crippen molar-refractivity contribution in [3.8, 4) is 0 Å². The van der Waals surface area contributed by atoms with Crippen molar-refractivity contribution in [2.75, 3.05) is 0 Å². The molecule has 6 heteroatoms. The summed E-state index contributed by atoms with van der Waals surface area (Å²) in [6, 6.07) is 14.5. The summed E-state index contributed by atoms with van der Waals surface area (Å²) in [5.41, 5.74) is 7.44. The van der Waals surface area contributed by atoms with Gasteiger partial charge >= 0.3 is 0 Å². The fraction of sp³-hybridized carbons (Fsp3) is 0.118. The van der Waals surface area contributed by atoms with Gasteiger partial charge in [-0.25, -0.2) is 13.1 Å². The van der Waals surface area contributed by atoms with Crippen LogP contribution in [-0.2, 0) is 23.1 Å². The van der Waals surface area contributed by atoms with Crippen molar-refractivity contribution in [2.24, 2.45) is 5.73 Å². The minimum Gasteiger partial charge on any atom is -0.326 e. The Kier molecular flexibility index (Phi) is 4.38. The highest BCUT2D eigenvalue weighted by Gasteiger charge is 2.16. The summed E-state index contributed by atoms with van der Waals surface area (Å²) < 4.78 is 27.8. The van der Waals surface area contributed by atoms with E-state index >= 15 is 0 Å². The van der Waals surface area contributed by atoms with Crippen LogP contribution in [0.3, 0.4) is 0 Å². The molecule has 3 aromatic rings. The highest BCUT2D eigenvalue weighted by Crippen LogP contribution is 2.21. The molecule has 2 aromatic carbocycles. The van der Waals surface area contributed by atoms with E-state index < -0.39 is 10.0 Å². The van der Waals surface area contributed by atoms with Crippen molar-refractivity contribution in [2.45, 2.75) is 18.0 Å². The van der Waals surface area contributed by atoms with Crippen molar-refractivity contribution in [3.63, 3.8) is 0 Å². The zero-order chi connectivity index (χ0) is 16.3. The average Bonchev–Trinajstić information content (AvgIpc) is 2.60. The van der Waals surface area contributed by atoms with Crippen molar-refractivity contribution < 1.29 is 8.42 Å². The molecule has 0 bridgehead atoms. The largest absolute Gasteiger partial charge is 0.326 e. The summed E-state index contributed by atoms with van der Waals surface area (Å²) in [5, 5.41) is 1.45. The molecule has 23 heavy (non-hydrogen) atoms. The number of sulfonamides is 1. The summed E-state index contributed by atoms with van der Waals surface area (Å²) >= 11 is 0. The maximum atomic E-state index is 12.6. The normalized spacial score (nSPS) is 11.7. The lowest BCUT2D eigenvalue weighted by Crippen LogP contribution is -2.23. The van der Waals surface area contributed by atoms with Crippen LogP contribution in [0.1, 0.15) is 11.1 Å². The van der Waals surface area contributed by atoms with Crippen molar-refractivity contribution >= 4 is 20.8 Å². The molecule has 0 atom stereocenters. The van der Waals surface area contributed by atoms with Crippen LogP contribution in [0, 0.1) is 0 Å². The molecule has 118 valence electrons. The second-order valence-corrected chi connectivity index (χ2v) is 6.93. The summed E-state index contributed by atoms with van der Waals surface area (Å²) in [6.07, 6.45) is 3.21. The summed E-state index contributed by atoms with van der Waals surface area (Å²) in [4.78, 5) is 4.26. The van der Waals surface area contributed by atoms with E-state index in [4.69, 9.17) is 5.73 Å². The molecule has 3 N–H and O–H groups in total. The van der Waals surface area contributed by atoms with Gasteiger partial charge in [0.05, 0.1) is 4.90 Å². The molecule has 0 saturated heterocycles. The zero-order valence-corrected chi connectivity index (χ0v) is 13.3. The van der Waals surface area contributed by atoms with Gasteiger partial charge in [-0.15, -0.1) is 0 Å². The highest BCUT2D eigenvalue weighted by molar-refractivity contribution is 7.89. The Labute approximate surface area is 135 Å². The number of pyridine rings is 1. The number of hydrogen-bond acceptors (Lipinski definition) is 4. The van der Waals surface area contributed by atoms with E-state index in [9.17, 15) is 8.42 Å². The molecule has 0 fully saturated rings. The van der Waals surface area contributed by atoms with Gasteiger partial charge in [0, 0.05) is 30.9 Å². The summed E-state index contributed by atoms with van der Waals surface area (Å²) in [5.74, 6) is 0. The molecule has 0 radical (unpaired) electrons. The molecule has 0 spiro atoms. The van der Waals surface area contributed by atoms with E-state index in [-0.39, 0.29) is 11.4 Å². The van der Waals surface area contributed by atoms with E-state index in [1.807, 2.05) is 30.3 Å². The first kappa shape index (κ1) is 15.6. The van der Waals surface area contributed by atoms with Crippen molar-refractivity contribution in [3.05, 3.63) is 72.1 Å². The quantitative estimate of drug-likeness (QED) is 0.752. The van der Waals surface area contributed by atoms with Gasteiger partial charge < -0.3 is 5.73 Å². The first-order chi connectivity index (χ1) is 11.1. The Morgan fingerprint density at radius 3 is 2.48 bits per heavy atom. The Morgan fingerprint density at radius 2 is 1.74 bits per heavy atom. The molecule has 1 aromatic heterocycles. The molecule has 0 unspecified atom stereocenters. The number of fused-ring (bicyclic) bond motifs is 1. The number of rotatable bonds is 5. The maximum Gasteiger partial charge on any atom is 0.241 e. The van der Waals surface area contributed by atoms with Crippen LogP contribution in [0.25, 0.3) is 10.8 Å². The molecule has 0 aliphatic heterocycles. The highest BCUT2D eigenvalue weighted by atomic mass is 32.2. The molecule has 3 rings (SSSR count). The van der Waals surface area contributed by atoms with Gasteiger partial charge in [0.2, 0.25) is 10.0 Å². The molecule has 0 aliphatic rings. The van der Waals surface area contributed by atoms with Crippen LogP contribution in [0.2, 0.25) is 0 Å². The number of hydrogen-bond donors (Lipinski definition) is 2. The minimum atomic E-state index is -3.62. The average molecular weight is 327 g/mol. The first-order valence-corrected chi connectivity index (χ1v) is 8.69. The van der Waals surface area contributed by atoms with Crippen LogP contribution < -0.4 is 10.5 Å². The van der Waals surface area contributed by atoms with Gasteiger partial charge in [0.1, 0.15) is 0 Å². The van der Waals surface area contributed by atoms with Crippen molar-refractivity contribution in [1.29, 1.82) is 0 Å². The molecule has 1 heterocycles. The van der Waals surface area contributed by atoms with E-state index in [2.05, 4.69) is 9.71 Å². The van der Waals surface area contributed by atoms with Crippen LogP contribution in [0.5, 0.6) is 0 Å². The lowest BCUT2D eigenvalue weighted by molar-refractivity contribution is 0.582. The predicted molar refractivity (Wildman–Crippen MR) is 90.1 cm³/mol. The van der Waals surface area contributed by atoms with E-state index in [0.29, 0.717) is 11.9 Å². The Hall–Kier alpha value is -2.28. The van der Waals surface area contributed by atoms with Crippen molar-refractivity contribution in [1.82, 2.24) is 9.71 Å². The van der Waals surface area contributed by atoms with Crippen LogP contribution >= 0.6 is 0 Å². The lowest BCUT2D eigenvalue weighted by Gasteiger charge is -2.09. The third kappa shape index (κ3) is 3.39. The fourth-order valence-corrected chi connectivity index (χ4v) is 3.60. The second kappa shape index (κ2) is 6.45. The predicted octanol–water partition coefficient (Wildman–Crippen LogP) is 2.17. The monoisotopic (exact) mass is 327 g/mol. The molecule has 5 nitrogen and oxygen atoms in total. The Bertz CT molecular complexity index is 917. The standard InChI is InChI=1S/C17H17N3O2S/c18-10-13-4-6-14(7-5-13)11-20-23(21,22)17-3-1-2-15-8-9-19-12-16(15)17/h1-9,12,20H,10-11,18H2. The SMILES string of the molecule is NCc1ccc(CNS(=O)(=O)c2cccc3ccncc23)cc1. The van der Waals surface area contributed by atoms with Crippen LogP contribution in [0.4, 0.5) is 0 Å². The number of nitrogens with one attached hydrogen (secondary N) is 1. The minimum absolute atomic E-state index is 0.226. The van der Waals surface area contributed by atoms with Gasteiger partial charge in [0.15, 0.2) is 0 Å². The topological polar surface area (TPSA) is 85.1 Å². The summed E-state index contributed by atoms with van der Waals surface area (Å²) in [6.45, 7) is 0.693. The second-order valence-electron chi connectivity index (χ2n) is 5.20. The van der Waals surface area contributed by atoms with Gasteiger partial charge in [-0.3, -0.25) is 4.98 Å². The smallest absolute Gasteiger partial charge is 0.241 e. The lowest BCUT2D eigenvalue weighted by atomic mass is 10.1. The van der Waals surface area contributed by atoms with Crippen LogP contribution in [0.15, 0.2) is 65.8 Å². The molecule has 0 saturated carbocycles. The third-order valence-electron chi connectivity index (χ3n) is 3.66. The molecule has 0 aliphatic carbocycles. The van der Waals surface area contributed by atoms with Crippen LogP contribution in [-0.4, -0.2) is 13.4 Å². The number of aromatic nitrogens is 1. The first-order valence-electron chi connectivity index (χ1n) is 7.20. The van der Waals surface area contributed by atoms with E-state index in [1.165, 1.54) is 0 Å². The van der Waals surface area contributed by atoms with E-state index in [0.717, 1.165) is 16.5 Å². The van der Waals surface area contributed by atoms with Gasteiger partial charge in [-0.1, -0.05) is 36.4 Å². The van der Waals surface area contributed by atoms with Gasteiger partial charge in [-0.2, -0.15) is 0 Å². The number of nitrogens with zero attached hydrogens (tertiary/aromatic N) is 1. The Balaban J connectivity index is 1.85. The number of benzene rings is 2. The van der Waals surface area contributed by atoms with Gasteiger partial charge in [-0.05, 0) is 28.6 Å². The fourth-order valence-electron chi connectivity index (χ4n) is 2.37. The summed E-state index contributed by atoms with van der Waals surface area (Å²) in [7, 11) is -3.62. The van der Waals surface area contributed by atoms with Gasteiger partial charge in [0.25, 0.3) is 0 Å².